The van der Waals surface area contributed by atoms with Crippen LogP contribution >= 0.6 is 0 Å². The number of primary amides is 1. The summed E-state index contributed by atoms with van der Waals surface area (Å²) >= 11 is 0. The first-order chi connectivity index (χ1) is 13.1. The number of para-hydroxylation sites is 2. The number of amides is 2. The van der Waals surface area contributed by atoms with Crippen LogP contribution in [-0.2, 0) is 0 Å². The number of carbonyl (C=O) groups excluding carboxylic acids is 1. The molecule has 1 fully saturated rings. The molecule has 2 unspecified atom stereocenters. The number of benzene rings is 1. The summed E-state index contributed by atoms with van der Waals surface area (Å²) in [5.74, 6) is 1.29. The van der Waals surface area contributed by atoms with E-state index in [1.165, 1.54) is 0 Å². The lowest BCUT2D eigenvalue weighted by Gasteiger charge is -2.44. The molecule has 0 bridgehead atoms. The Morgan fingerprint density at radius 2 is 1.85 bits per heavy atom. The molecular weight excluding hydrogens is 338 g/mol. The van der Waals surface area contributed by atoms with Crippen molar-refractivity contribution in [2.24, 2.45) is 11.7 Å². The summed E-state index contributed by atoms with van der Waals surface area (Å²) in [6, 6.07) is 14.1. The molecule has 3 heterocycles. The molecule has 2 N–H and O–H groups in total. The van der Waals surface area contributed by atoms with Crippen molar-refractivity contribution >= 4 is 23.2 Å². The molecule has 2 aliphatic rings. The molecule has 27 heavy (non-hydrogen) atoms. The number of hydrogen-bond acceptors (Lipinski definition) is 4. The number of carbonyl (C=O) groups is 1. The summed E-state index contributed by atoms with van der Waals surface area (Å²) in [4.78, 5) is 23.5. The van der Waals surface area contributed by atoms with Crippen LogP contribution in [0.4, 0.5) is 22.0 Å². The fourth-order valence-electron chi connectivity index (χ4n) is 4.41. The Labute approximate surface area is 160 Å². The van der Waals surface area contributed by atoms with Gasteiger partial charge >= 0.3 is 6.03 Å². The average Bonchev–Trinajstić information content (AvgIpc) is 3.17. The van der Waals surface area contributed by atoms with E-state index in [-0.39, 0.29) is 12.1 Å². The van der Waals surface area contributed by atoms with Crippen molar-refractivity contribution in [3.63, 3.8) is 0 Å². The first kappa shape index (κ1) is 17.8. The number of likely N-dealkylation sites (tertiary alicyclic amines) is 1. The second-order valence-corrected chi connectivity index (χ2v) is 7.70. The zero-order valence-electron chi connectivity index (χ0n) is 16.0. The Hall–Kier alpha value is -2.60. The molecule has 4 rings (SSSR count). The van der Waals surface area contributed by atoms with Crippen molar-refractivity contribution in [3.05, 3.63) is 48.7 Å². The van der Waals surface area contributed by atoms with Crippen LogP contribution in [0.5, 0.6) is 0 Å². The van der Waals surface area contributed by atoms with Gasteiger partial charge in [-0.1, -0.05) is 18.2 Å². The Bertz CT molecular complexity index is 809. The molecule has 2 atom stereocenters. The molecule has 0 aliphatic carbocycles. The molecule has 1 aromatic carbocycles. The molecule has 2 aliphatic heterocycles. The number of nitrogens with two attached hydrogens (primary N) is 1. The molecule has 0 radical (unpaired) electrons. The summed E-state index contributed by atoms with van der Waals surface area (Å²) < 4.78 is 0. The first-order valence-corrected chi connectivity index (χ1v) is 9.66. The fourth-order valence-corrected chi connectivity index (χ4v) is 4.41. The quantitative estimate of drug-likeness (QED) is 0.907. The number of hydrogen-bond donors (Lipinski definition) is 1. The van der Waals surface area contributed by atoms with Crippen molar-refractivity contribution in [1.82, 2.24) is 9.88 Å². The predicted molar refractivity (Wildman–Crippen MR) is 108 cm³/mol. The molecule has 1 aromatic heterocycles. The molecule has 1 saturated heterocycles. The van der Waals surface area contributed by atoms with Gasteiger partial charge < -0.3 is 15.5 Å². The highest BCUT2D eigenvalue weighted by atomic mass is 16.2. The Balaban J connectivity index is 1.74. The van der Waals surface area contributed by atoms with E-state index < -0.39 is 0 Å². The van der Waals surface area contributed by atoms with E-state index >= 15 is 0 Å². The van der Waals surface area contributed by atoms with Crippen LogP contribution in [0, 0.1) is 5.92 Å². The fraction of sp³-hybridized carbons (Fsp3) is 0.429. The van der Waals surface area contributed by atoms with Gasteiger partial charge in [0.05, 0.1) is 17.4 Å². The summed E-state index contributed by atoms with van der Waals surface area (Å²) in [5, 5.41) is 0. The number of pyridine rings is 1. The van der Waals surface area contributed by atoms with E-state index in [1.807, 2.05) is 53.6 Å². The van der Waals surface area contributed by atoms with E-state index in [1.54, 1.807) is 0 Å². The minimum atomic E-state index is -0.379. The van der Waals surface area contributed by atoms with E-state index in [0.29, 0.717) is 18.5 Å². The van der Waals surface area contributed by atoms with Crippen molar-refractivity contribution in [2.45, 2.75) is 32.4 Å². The second-order valence-electron chi connectivity index (χ2n) is 7.70. The van der Waals surface area contributed by atoms with E-state index in [9.17, 15) is 4.79 Å². The van der Waals surface area contributed by atoms with Gasteiger partial charge in [0.15, 0.2) is 0 Å². The van der Waals surface area contributed by atoms with Crippen molar-refractivity contribution in [3.8, 4) is 0 Å². The third kappa shape index (κ3) is 3.25. The maximum Gasteiger partial charge on any atom is 0.319 e. The van der Waals surface area contributed by atoms with Gasteiger partial charge in [-0.25, -0.2) is 9.78 Å². The lowest BCUT2D eigenvalue weighted by molar-refractivity contribution is 0.241. The lowest BCUT2D eigenvalue weighted by atomic mass is 9.93. The predicted octanol–water partition coefficient (Wildman–Crippen LogP) is 3.22. The molecular formula is C21H27N5O. The number of fused-ring (bicyclic) bond motifs is 1. The third-order valence-corrected chi connectivity index (χ3v) is 5.83. The minimum absolute atomic E-state index is 0.0307. The summed E-state index contributed by atoms with van der Waals surface area (Å²) in [6.07, 6.45) is 2.88. The van der Waals surface area contributed by atoms with Crippen molar-refractivity contribution in [2.75, 3.05) is 29.4 Å². The zero-order valence-corrected chi connectivity index (χ0v) is 16.0. The van der Waals surface area contributed by atoms with Gasteiger partial charge in [0.25, 0.3) is 0 Å². The summed E-state index contributed by atoms with van der Waals surface area (Å²) in [6.45, 7) is 7.21. The van der Waals surface area contributed by atoms with Crippen LogP contribution in [0.1, 0.15) is 20.3 Å². The molecule has 2 amide bonds. The number of aromatic nitrogens is 1. The number of rotatable bonds is 3. The third-order valence-electron chi connectivity index (χ3n) is 5.83. The van der Waals surface area contributed by atoms with Gasteiger partial charge in [-0.2, -0.15) is 0 Å². The van der Waals surface area contributed by atoms with Gasteiger partial charge in [-0.3, -0.25) is 4.90 Å². The first-order valence-electron chi connectivity index (χ1n) is 9.66. The van der Waals surface area contributed by atoms with Crippen LogP contribution in [0.15, 0.2) is 48.7 Å². The smallest absolute Gasteiger partial charge is 0.319 e. The molecule has 0 spiro atoms. The van der Waals surface area contributed by atoms with E-state index in [0.717, 1.165) is 36.7 Å². The molecule has 142 valence electrons. The Morgan fingerprint density at radius 3 is 2.48 bits per heavy atom. The van der Waals surface area contributed by atoms with Crippen molar-refractivity contribution in [1.29, 1.82) is 0 Å². The largest absolute Gasteiger partial charge is 0.351 e. The topological polar surface area (TPSA) is 65.7 Å². The molecule has 6 heteroatoms. The van der Waals surface area contributed by atoms with Gasteiger partial charge in [0.1, 0.15) is 5.82 Å². The number of urea groups is 1. The van der Waals surface area contributed by atoms with Crippen molar-refractivity contribution < 1.29 is 4.79 Å². The lowest BCUT2D eigenvalue weighted by Crippen LogP contribution is -2.56. The summed E-state index contributed by atoms with van der Waals surface area (Å²) in [7, 11) is 0. The van der Waals surface area contributed by atoms with Crippen LogP contribution in [0.2, 0.25) is 0 Å². The van der Waals surface area contributed by atoms with Gasteiger partial charge in [0, 0.05) is 25.3 Å². The van der Waals surface area contributed by atoms with Gasteiger partial charge in [0.2, 0.25) is 0 Å². The monoisotopic (exact) mass is 365 g/mol. The highest BCUT2D eigenvalue weighted by molar-refractivity contribution is 5.97. The van der Waals surface area contributed by atoms with E-state index in [4.69, 9.17) is 5.73 Å². The average molecular weight is 365 g/mol. The highest BCUT2D eigenvalue weighted by Gasteiger charge is 2.41. The minimum Gasteiger partial charge on any atom is -0.351 e. The molecule has 6 nitrogen and oxygen atoms in total. The van der Waals surface area contributed by atoms with Crippen LogP contribution in [-0.4, -0.2) is 47.6 Å². The SMILES string of the molecule is CC(C)N1CCC(C2CN(c3ccccn3)c3ccccc3N2C(N)=O)C1. The van der Waals surface area contributed by atoms with Gasteiger partial charge in [-0.15, -0.1) is 0 Å². The Morgan fingerprint density at radius 1 is 1.11 bits per heavy atom. The van der Waals surface area contributed by atoms with E-state index in [2.05, 4.69) is 28.6 Å². The maximum absolute atomic E-state index is 12.4. The molecule has 0 saturated carbocycles. The number of anilines is 3. The Kier molecular flexibility index (Phi) is 4.74. The second kappa shape index (κ2) is 7.19. The van der Waals surface area contributed by atoms with Crippen LogP contribution in [0.3, 0.4) is 0 Å². The number of nitrogens with zero attached hydrogens (tertiary/aromatic N) is 4. The maximum atomic E-state index is 12.4. The highest BCUT2D eigenvalue weighted by Crippen LogP contribution is 2.41. The zero-order chi connectivity index (χ0) is 19.0. The normalized spacial score (nSPS) is 22.9. The standard InChI is InChI=1S/C21H27N5O/c1-15(2)24-12-10-16(13-24)19-14-25(20-9-5-6-11-23-20)17-7-3-4-8-18(17)26(19)21(22)27/h3-9,11,15-16,19H,10,12-14H2,1-2H3,(H2,22,27). The summed E-state index contributed by atoms with van der Waals surface area (Å²) in [5.41, 5.74) is 7.70. The van der Waals surface area contributed by atoms with Gasteiger partial charge in [-0.05, 0) is 57.0 Å². The van der Waals surface area contributed by atoms with Crippen LogP contribution < -0.4 is 15.5 Å². The van der Waals surface area contributed by atoms with Crippen LogP contribution in [0.25, 0.3) is 0 Å². The molecule has 2 aromatic rings.